The van der Waals surface area contributed by atoms with Crippen molar-refractivity contribution in [2.45, 2.75) is 83.6 Å². The number of anilines is 2. The zero-order valence-electron chi connectivity index (χ0n) is 28.4. The van der Waals surface area contributed by atoms with Gasteiger partial charge in [-0.1, -0.05) is 38.1 Å². The second-order valence-electron chi connectivity index (χ2n) is 13.0. The van der Waals surface area contributed by atoms with Crippen molar-refractivity contribution < 1.29 is 29.0 Å². The van der Waals surface area contributed by atoms with Gasteiger partial charge >= 0.3 is 0 Å². The van der Waals surface area contributed by atoms with Gasteiger partial charge in [0, 0.05) is 24.5 Å². The number of carbonyl (C=O) groups is 3. The molecular formula is C38H49N3O6. The molecule has 3 fully saturated rings. The molecule has 9 nitrogen and oxygen atoms in total. The number of aryl methyl sites for hydroxylation is 2. The smallest absolute Gasteiger partial charge is 0.253 e. The number of hydrogen-bond donors (Lipinski definition) is 1. The quantitative estimate of drug-likeness (QED) is 0.278. The molecule has 0 radical (unpaired) electrons. The molecule has 3 aliphatic rings. The minimum absolute atomic E-state index is 0.227. The number of likely N-dealkylation sites (tertiary alicyclic amines) is 1. The normalized spacial score (nSPS) is 26.6. The zero-order valence-corrected chi connectivity index (χ0v) is 28.4. The van der Waals surface area contributed by atoms with Gasteiger partial charge in [-0.25, -0.2) is 0 Å². The highest BCUT2D eigenvalue weighted by Crippen LogP contribution is 2.65. The molecular weight excluding hydrogens is 594 g/mol. The maximum Gasteiger partial charge on any atom is 0.253 e. The van der Waals surface area contributed by atoms with Gasteiger partial charge in [0.1, 0.15) is 17.4 Å². The maximum atomic E-state index is 15.0. The Kier molecular flexibility index (Phi) is 9.99. The Morgan fingerprint density at radius 1 is 1.04 bits per heavy atom. The monoisotopic (exact) mass is 643 g/mol. The summed E-state index contributed by atoms with van der Waals surface area (Å²) in [4.78, 5) is 49.6. The number of ether oxygens (including phenoxy) is 2. The van der Waals surface area contributed by atoms with Crippen molar-refractivity contribution in [3.05, 3.63) is 78.9 Å². The van der Waals surface area contributed by atoms with Gasteiger partial charge in [-0.05, 0) is 87.9 Å². The van der Waals surface area contributed by atoms with Gasteiger partial charge in [-0.2, -0.15) is 0 Å². The Bertz CT molecular complexity index is 1520. The third-order valence-corrected chi connectivity index (χ3v) is 10.5. The summed E-state index contributed by atoms with van der Waals surface area (Å²) in [5, 5.41) is 10.5. The first-order valence-electron chi connectivity index (χ1n) is 16.9. The fourth-order valence-electron chi connectivity index (χ4n) is 8.22. The second-order valence-corrected chi connectivity index (χ2v) is 13.0. The van der Waals surface area contributed by atoms with E-state index in [0.717, 1.165) is 16.8 Å². The predicted octanol–water partition coefficient (Wildman–Crippen LogP) is 5.37. The third-order valence-electron chi connectivity index (χ3n) is 10.5. The number of aliphatic hydroxyl groups excluding tert-OH is 1. The van der Waals surface area contributed by atoms with Crippen LogP contribution >= 0.6 is 0 Å². The van der Waals surface area contributed by atoms with E-state index in [0.29, 0.717) is 43.7 Å². The first-order chi connectivity index (χ1) is 22.6. The highest BCUT2D eigenvalue weighted by atomic mass is 16.5. The van der Waals surface area contributed by atoms with Crippen LogP contribution in [-0.2, 0) is 19.1 Å². The standard InChI is InChI=1S/C38H49N3O6/c1-8-21-39(28-15-17-29(18-16-28)46-12-5)34(43)31-32-35(44)41(27(10-3)24-42)33(38(32)20-19-37(31,11-4)47-38)36(45)40(22-9-2)30-23-25(6)13-14-26(30)7/h8-9,13-18,23,27,31-33,42H,1-2,10-12,19-22,24H2,3-7H3/t27-,31-,32-,33?,37+,38?/m0/s1. The molecule has 3 amide bonds. The molecule has 1 spiro atoms. The average Bonchev–Trinajstić information content (AvgIpc) is 3.68. The van der Waals surface area contributed by atoms with Crippen LogP contribution in [0.25, 0.3) is 0 Å². The van der Waals surface area contributed by atoms with E-state index >= 15 is 4.79 Å². The zero-order chi connectivity index (χ0) is 34.1. The summed E-state index contributed by atoms with van der Waals surface area (Å²) in [5.41, 5.74) is 1.14. The van der Waals surface area contributed by atoms with E-state index in [-0.39, 0.29) is 37.4 Å². The molecule has 5 rings (SSSR count). The topological polar surface area (TPSA) is 99.6 Å². The van der Waals surface area contributed by atoms with Crippen LogP contribution in [0.4, 0.5) is 11.4 Å². The molecule has 3 aliphatic heterocycles. The highest BCUT2D eigenvalue weighted by Gasteiger charge is 2.79. The summed E-state index contributed by atoms with van der Waals surface area (Å²) in [6, 6.07) is 11.6. The summed E-state index contributed by atoms with van der Waals surface area (Å²) >= 11 is 0. The van der Waals surface area contributed by atoms with E-state index in [4.69, 9.17) is 9.47 Å². The van der Waals surface area contributed by atoms with Crippen LogP contribution in [0.5, 0.6) is 5.75 Å². The highest BCUT2D eigenvalue weighted by molar-refractivity contribution is 6.07. The number of amides is 3. The fraction of sp³-hybridized carbons (Fsp3) is 0.500. The molecule has 3 heterocycles. The van der Waals surface area contributed by atoms with Crippen LogP contribution in [0.1, 0.15) is 57.6 Å². The van der Waals surface area contributed by atoms with Crippen LogP contribution in [0, 0.1) is 25.7 Å². The van der Waals surface area contributed by atoms with Gasteiger partial charge in [0.2, 0.25) is 11.8 Å². The Morgan fingerprint density at radius 3 is 2.32 bits per heavy atom. The lowest BCUT2D eigenvalue weighted by atomic mass is 9.64. The van der Waals surface area contributed by atoms with Gasteiger partial charge in [0.15, 0.2) is 0 Å². The Hall–Kier alpha value is -3.95. The molecule has 2 bridgehead atoms. The molecule has 1 N–H and O–H groups in total. The van der Waals surface area contributed by atoms with E-state index in [9.17, 15) is 14.7 Å². The average molecular weight is 644 g/mol. The lowest BCUT2D eigenvalue weighted by molar-refractivity contribution is -0.149. The van der Waals surface area contributed by atoms with E-state index in [1.54, 1.807) is 26.9 Å². The van der Waals surface area contributed by atoms with Crippen molar-refractivity contribution in [1.82, 2.24) is 4.90 Å². The van der Waals surface area contributed by atoms with Crippen molar-refractivity contribution in [2.24, 2.45) is 11.8 Å². The Labute approximate surface area is 278 Å². The van der Waals surface area contributed by atoms with Crippen LogP contribution in [0.15, 0.2) is 67.8 Å². The number of aliphatic hydroxyl groups is 1. The van der Waals surface area contributed by atoms with E-state index in [1.807, 2.05) is 77.1 Å². The molecule has 0 aromatic heterocycles. The van der Waals surface area contributed by atoms with Crippen LogP contribution in [0.3, 0.4) is 0 Å². The number of hydrogen-bond acceptors (Lipinski definition) is 6. The lowest BCUT2D eigenvalue weighted by Crippen LogP contribution is -2.59. The van der Waals surface area contributed by atoms with Crippen molar-refractivity contribution in [3.63, 3.8) is 0 Å². The minimum atomic E-state index is -1.23. The van der Waals surface area contributed by atoms with Gasteiger partial charge in [0.25, 0.3) is 5.91 Å². The minimum Gasteiger partial charge on any atom is -0.494 e. The molecule has 0 aliphatic carbocycles. The maximum absolute atomic E-state index is 15.0. The van der Waals surface area contributed by atoms with Crippen LogP contribution in [-0.4, -0.2) is 77.3 Å². The van der Waals surface area contributed by atoms with Gasteiger partial charge in [-0.15, -0.1) is 13.2 Å². The molecule has 9 heteroatoms. The van der Waals surface area contributed by atoms with E-state index in [2.05, 4.69) is 13.2 Å². The summed E-state index contributed by atoms with van der Waals surface area (Å²) < 4.78 is 12.7. The van der Waals surface area contributed by atoms with Gasteiger partial charge in [0.05, 0.1) is 36.7 Å². The third kappa shape index (κ3) is 5.57. The molecule has 2 unspecified atom stereocenters. The van der Waals surface area contributed by atoms with Crippen LogP contribution in [0.2, 0.25) is 0 Å². The Balaban J connectivity index is 1.63. The number of rotatable bonds is 14. The largest absolute Gasteiger partial charge is 0.494 e. The lowest BCUT2D eigenvalue weighted by Gasteiger charge is -2.39. The summed E-state index contributed by atoms with van der Waals surface area (Å²) in [6.45, 7) is 18.2. The van der Waals surface area contributed by atoms with Gasteiger partial charge < -0.3 is 29.3 Å². The molecule has 0 saturated carbocycles. The first kappa shape index (κ1) is 34.4. The molecule has 2 aromatic rings. The number of carbonyl (C=O) groups excluding carboxylic acids is 3. The van der Waals surface area contributed by atoms with E-state index < -0.39 is 35.1 Å². The first-order valence-corrected chi connectivity index (χ1v) is 16.9. The summed E-state index contributed by atoms with van der Waals surface area (Å²) in [5.74, 6) is -1.88. The van der Waals surface area contributed by atoms with Crippen molar-refractivity contribution in [1.29, 1.82) is 0 Å². The van der Waals surface area contributed by atoms with Crippen molar-refractivity contribution in [3.8, 4) is 5.75 Å². The van der Waals surface area contributed by atoms with E-state index in [1.165, 1.54) is 0 Å². The summed E-state index contributed by atoms with van der Waals surface area (Å²) in [6.07, 6.45) is 5.28. The fourth-order valence-corrected chi connectivity index (χ4v) is 8.22. The van der Waals surface area contributed by atoms with Crippen molar-refractivity contribution in [2.75, 3.05) is 36.1 Å². The molecule has 47 heavy (non-hydrogen) atoms. The van der Waals surface area contributed by atoms with Crippen molar-refractivity contribution >= 4 is 29.1 Å². The molecule has 3 saturated heterocycles. The molecule has 2 aromatic carbocycles. The number of fused-ring (bicyclic) bond motifs is 1. The summed E-state index contributed by atoms with van der Waals surface area (Å²) in [7, 11) is 0. The SMILES string of the molecule is C=CCN(C(=O)[C@@H]1[C@H]2C(=O)N([C@@H](CC)CO)C(C(=O)N(CC=C)c3cc(C)ccc3C)C23CC[C@@]1(CC)O3)c1ccc(OCC)cc1. The van der Waals surface area contributed by atoms with Gasteiger partial charge in [-0.3, -0.25) is 14.4 Å². The molecule has 6 atom stereocenters. The number of benzene rings is 2. The second kappa shape index (κ2) is 13.6. The van der Waals surface area contributed by atoms with Crippen LogP contribution < -0.4 is 14.5 Å². The number of nitrogens with zero attached hydrogens (tertiary/aromatic N) is 3. The molecule has 252 valence electrons. The Morgan fingerprint density at radius 2 is 1.72 bits per heavy atom. The predicted molar refractivity (Wildman–Crippen MR) is 183 cm³/mol.